The summed E-state index contributed by atoms with van der Waals surface area (Å²) in [5.74, 6) is 0.858. The minimum atomic E-state index is 0.646. The van der Waals surface area contributed by atoms with Crippen molar-refractivity contribution in [1.29, 1.82) is 0 Å². The Bertz CT molecular complexity index is 503. The third-order valence-electron chi connectivity index (χ3n) is 3.41. The molecule has 1 fully saturated rings. The Hall–Kier alpha value is -1.17. The van der Waals surface area contributed by atoms with Gasteiger partial charge in [-0.2, -0.15) is 0 Å². The first-order valence-electron chi connectivity index (χ1n) is 6.71. The number of rotatable bonds is 5. The van der Waals surface area contributed by atoms with Gasteiger partial charge in [0.15, 0.2) is 10.8 Å². The van der Waals surface area contributed by atoms with Gasteiger partial charge in [-0.1, -0.05) is 0 Å². The van der Waals surface area contributed by atoms with Crippen LogP contribution in [0.2, 0.25) is 0 Å². The van der Waals surface area contributed by atoms with Crippen molar-refractivity contribution in [3.8, 4) is 10.8 Å². The molecule has 2 aromatic heterocycles. The average molecular weight is 277 g/mol. The minimum Gasteiger partial charge on any atom is -0.462 e. The van der Waals surface area contributed by atoms with Crippen molar-refractivity contribution in [1.82, 2.24) is 15.2 Å². The Morgan fingerprint density at radius 1 is 1.58 bits per heavy atom. The maximum Gasteiger partial charge on any atom is 0.162 e. The molecular weight excluding hydrogens is 258 g/mol. The highest BCUT2D eigenvalue weighted by Gasteiger charge is 2.16. The van der Waals surface area contributed by atoms with E-state index in [0.29, 0.717) is 6.04 Å². The summed E-state index contributed by atoms with van der Waals surface area (Å²) in [7, 11) is 2.16. The summed E-state index contributed by atoms with van der Waals surface area (Å²) in [5, 5.41) is 6.61. The maximum atomic E-state index is 5.37. The van der Waals surface area contributed by atoms with Crippen molar-refractivity contribution >= 4 is 11.3 Å². The fourth-order valence-corrected chi connectivity index (χ4v) is 3.30. The topological polar surface area (TPSA) is 41.3 Å². The lowest BCUT2D eigenvalue weighted by Gasteiger charge is -2.19. The maximum absolute atomic E-state index is 5.37. The highest BCUT2D eigenvalue weighted by atomic mass is 32.1. The van der Waals surface area contributed by atoms with Gasteiger partial charge in [-0.3, -0.25) is 4.90 Å². The number of nitrogens with zero attached hydrogens (tertiary/aromatic N) is 2. The first-order chi connectivity index (χ1) is 9.31. The Morgan fingerprint density at radius 3 is 3.26 bits per heavy atom. The first kappa shape index (κ1) is 12.8. The molecule has 19 heavy (non-hydrogen) atoms. The smallest absolute Gasteiger partial charge is 0.162 e. The van der Waals surface area contributed by atoms with Crippen LogP contribution >= 0.6 is 11.3 Å². The van der Waals surface area contributed by atoms with E-state index in [1.54, 1.807) is 17.6 Å². The lowest BCUT2D eigenvalue weighted by atomic mass is 10.2. The van der Waals surface area contributed by atoms with E-state index in [2.05, 4.69) is 27.6 Å². The highest BCUT2D eigenvalue weighted by Crippen LogP contribution is 2.24. The summed E-state index contributed by atoms with van der Waals surface area (Å²) in [6.07, 6.45) is 4.28. The van der Waals surface area contributed by atoms with Crippen molar-refractivity contribution < 1.29 is 4.42 Å². The zero-order valence-corrected chi connectivity index (χ0v) is 11.9. The number of hydrogen-bond donors (Lipinski definition) is 1. The number of aromatic nitrogens is 1. The number of furan rings is 1. The fraction of sp³-hybridized carbons (Fsp3) is 0.500. The second-order valence-electron chi connectivity index (χ2n) is 5.11. The molecule has 0 saturated carbocycles. The predicted octanol–water partition coefficient (Wildman–Crippen LogP) is 2.59. The SMILES string of the molecule is CN(Cc1csc(-c2ccco2)n1)CC1CCCN1. The zero-order valence-electron chi connectivity index (χ0n) is 11.1. The normalized spacial score (nSPS) is 19.4. The van der Waals surface area contributed by atoms with E-state index < -0.39 is 0 Å². The van der Waals surface area contributed by atoms with Crippen LogP contribution in [0.3, 0.4) is 0 Å². The van der Waals surface area contributed by atoms with E-state index in [1.165, 1.54) is 12.8 Å². The highest BCUT2D eigenvalue weighted by molar-refractivity contribution is 7.13. The molecule has 1 unspecified atom stereocenters. The lowest BCUT2D eigenvalue weighted by Crippen LogP contribution is -2.35. The monoisotopic (exact) mass is 277 g/mol. The number of likely N-dealkylation sites (N-methyl/N-ethyl adjacent to an activating group) is 1. The fourth-order valence-electron chi connectivity index (χ4n) is 2.52. The predicted molar refractivity (Wildman–Crippen MR) is 77.2 cm³/mol. The number of nitrogens with one attached hydrogen (secondary N) is 1. The van der Waals surface area contributed by atoms with Crippen LogP contribution in [0.4, 0.5) is 0 Å². The molecule has 102 valence electrons. The molecule has 0 aliphatic carbocycles. The summed E-state index contributed by atoms with van der Waals surface area (Å²) < 4.78 is 5.37. The summed E-state index contributed by atoms with van der Waals surface area (Å²) in [4.78, 5) is 6.97. The number of hydrogen-bond acceptors (Lipinski definition) is 5. The van der Waals surface area contributed by atoms with Crippen LogP contribution in [0.1, 0.15) is 18.5 Å². The molecule has 0 aromatic carbocycles. The van der Waals surface area contributed by atoms with E-state index >= 15 is 0 Å². The van der Waals surface area contributed by atoms with E-state index in [9.17, 15) is 0 Å². The molecule has 0 radical (unpaired) electrons. The molecule has 0 bridgehead atoms. The summed E-state index contributed by atoms with van der Waals surface area (Å²) in [6, 6.07) is 4.50. The summed E-state index contributed by atoms with van der Waals surface area (Å²) in [6.45, 7) is 3.15. The quantitative estimate of drug-likeness (QED) is 0.912. The second-order valence-corrected chi connectivity index (χ2v) is 5.97. The van der Waals surface area contributed by atoms with Crippen molar-refractivity contribution in [2.75, 3.05) is 20.1 Å². The third-order valence-corrected chi connectivity index (χ3v) is 4.32. The molecule has 3 rings (SSSR count). The lowest BCUT2D eigenvalue weighted by molar-refractivity contribution is 0.290. The number of thiazole rings is 1. The van der Waals surface area contributed by atoms with Gasteiger partial charge in [0, 0.05) is 24.5 Å². The van der Waals surface area contributed by atoms with Crippen LogP contribution in [0.25, 0.3) is 10.8 Å². The van der Waals surface area contributed by atoms with Gasteiger partial charge in [-0.05, 0) is 38.6 Å². The van der Waals surface area contributed by atoms with Crippen molar-refractivity contribution in [2.24, 2.45) is 0 Å². The Labute approximate surface area is 117 Å². The standard InChI is InChI=1S/C14H19N3OS/c1-17(8-11-4-2-6-15-11)9-12-10-19-14(16-12)13-5-3-7-18-13/h3,5,7,10-11,15H,2,4,6,8-9H2,1H3. The van der Waals surface area contributed by atoms with Gasteiger partial charge in [-0.25, -0.2) is 4.98 Å². The minimum absolute atomic E-state index is 0.646. The molecule has 1 aliphatic heterocycles. The molecule has 1 saturated heterocycles. The first-order valence-corrected chi connectivity index (χ1v) is 7.59. The van der Waals surface area contributed by atoms with Gasteiger partial charge in [0.05, 0.1) is 12.0 Å². The second kappa shape index (κ2) is 5.86. The van der Waals surface area contributed by atoms with Crippen LogP contribution in [0.5, 0.6) is 0 Å². The van der Waals surface area contributed by atoms with E-state index in [4.69, 9.17) is 4.42 Å². The van der Waals surface area contributed by atoms with Crippen LogP contribution in [-0.2, 0) is 6.54 Å². The average Bonchev–Trinajstić information content (AvgIpc) is 3.09. The summed E-state index contributed by atoms with van der Waals surface area (Å²) >= 11 is 1.64. The molecule has 0 spiro atoms. The van der Waals surface area contributed by atoms with Crippen LogP contribution in [0, 0.1) is 0 Å². The van der Waals surface area contributed by atoms with Crippen LogP contribution < -0.4 is 5.32 Å². The van der Waals surface area contributed by atoms with E-state index in [1.807, 2.05) is 12.1 Å². The Morgan fingerprint density at radius 2 is 2.53 bits per heavy atom. The van der Waals surface area contributed by atoms with Gasteiger partial charge in [0.25, 0.3) is 0 Å². The Balaban J connectivity index is 1.57. The van der Waals surface area contributed by atoms with Gasteiger partial charge in [0.2, 0.25) is 0 Å². The molecule has 4 nitrogen and oxygen atoms in total. The zero-order chi connectivity index (χ0) is 13.1. The van der Waals surface area contributed by atoms with Crippen molar-refractivity contribution in [3.63, 3.8) is 0 Å². The van der Waals surface area contributed by atoms with Crippen molar-refractivity contribution in [2.45, 2.75) is 25.4 Å². The third kappa shape index (κ3) is 3.23. The van der Waals surface area contributed by atoms with Gasteiger partial charge in [-0.15, -0.1) is 11.3 Å². The molecule has 5 heteroatoms. The van der Waals surface area contributed by atoms with Gasteiger partial charge >= 0.3 is 0 Å². The van der Waals surface area contributed by atoms with Gasteiger partial charge < -0.3 is 9.73 Å². The molecule has 1 atom stereocenters. The largest absolute Gasteiger partial charge is 0.462 e. The molecule has 3 heterocycles. The van der Waals surface area contributed by atoms with Crippen molar-refractivity contribution in [3.05, 3.63) is 29.5 Å². The molecule has 1 aliphatic rings. The molecule has 2 aromatic rings. The van der Waals surface area contributed by atoms with Gasteiger partial charge in [0.1, 0.15) is 0 Å². The van der Waals surface area contributed by atoms with Crippen LogP contribution in [-0.4, -0.2) is 36.1 Å². The van der Waals surface area contributed by atoms with E-state index in [0.717, 1.165) is 36.1 Å². The van der Waals surface area contributed by atoms with E-state index in [-0.39, 0.29) is 0 Å². The molecular formula is C14H19N3OS. The molecule has 1 N–H and O–H groups in total. The Kier molecular flexibility index (Phi) is 3.96. The van der Waals surface area contributed by atoms with Crippen LogP contribution in [0.15, 0.2) is 28.2 Å². The molecule has 0 amide bonds. The summed E-state index contributed by atoms with van der Waals surface area (Å²) in [5.41, 5.74) is 1.12.